The molecule has 2 heterocycles. The van der Waals surface area contributed by atoms with E-state index in [2.05, 4.69) is 18.1 Å². The summed E-state index contributed by atoms with van der Waals surface area (Å²) in [6.45, 7) is 5.62. The molecule has 0 radical (unpaired) electrons. The number of hydrogen-bond donors (Lipinski definition) is 0. The first kappa shape index (κ1) is 24.9. The van der Waals surface area contributed by atoms with Crippen molar-refractivity contribution in [2.45, 2.75) is 37.8 Å². The lowest BCUT2D eigenvalue weighted by Gasteiger charge is -2.44. The summed E-state index contributed by atoms with van der Waals surface area (Å²) in [7, 11) is 5.59. The van der Waals surface area contributed by atoms with Crippen LogP contribution in [0.2, 0.25) is 0 Å². The van der Waals surface area contributed by atoms with Gasteiger partial charge in [-0.15, -0.1) is 0 Å². The highest BCUT2D eigenvalue weighted by Gasteiger charge is 2.57. The number of ether oxygens (including phenoxy) is 1. The molecule has 0 bridgehead atoms. The minimum atomic E-state index is -0.703. The molecule has 8 heteroatoms. The molecule has 1 atom stereocenters. The lowest BCUT2D eigenvalue weighted by atomic mass is 9.85. The number of benzene rings is 1. The van der Waals surface area contributed by atoms with Crippen molar-refractivity contribution in [1.82, 2.24) is 19.6 Å². The maximum Gasteiger partial charge on any atom is 0.327 e. The summed E-state index contributed by atoms with van der Waals surface area (Å²) in [5.41, 5.74) is 0.435. The second kappa shape index (κ2) is 10.9. The first-order valence-electron chi connectivity index (χ1n) is 11.5. The van der Waals surface area contributed by atoms with Crippen molar-refractivity contribution in [3.05, 3.63) is 29.8 Å². The Hall–Kier alpha value is -1.77. The van der Waals surface area contributed by atoms with Gasteiger partial charge in [-0.05, 0) is 64.2 Å². The molecule has 1 unspecified atom stereocenters. The molecular formula is C24H38N4O3S. The van der Waals surface area contributed by atoms with Crippen LogP contribution in [0.1, 0.15) is 25.3 Å². The molecule has 7 nitrogen and oxygen atoms in total. The number of urea groups is 1. The minimum absolute atomic E-state index is 0.00347. The largest absolute Gasteiger partial charge is 0.497 e. The van der Waals surface area contributed by atoms with Gasteiger partial charge in [-0.2, -0.15) is 11.8 Å². The van der Waals surface area contributed by atoms with Crippen LogP contribution in [-0.2, 0) is 11.2 Å². The lowest BCUT2D eigenvalue weighted by molar-refractivity contribution is -0.136. The summed E-state index contributed by atoms with van der Waals surface area (Å²) in [6, 6.07) is 8.30. The van der Waals surface area contributed by atoms with Gasteiger partial charge in [-0.3, -0.25) is 14.6 Å². The molecule has 0 aromatic heterocycles. The summed E-state index contributed by atoms with van der Waals surface area (Å²) in [6.07, 6.45) is 4.26. The van der Waals surface area contributed by atoms with E-state index >= 15 is 0 Å². The van der Waals surface area contributed by atoms with Gasteiger partial charge in [0.15, 0.2) is 0 Å². The number of methoxy groups -OCH3 is 1. The van der Waals surface area contributed by atoms with E-state index in [0.29, 0.717) is 38.5 Å². The van der Waals surface area contributed by atoms with Gasteiger partial charge in [0.25, 0.3) is 5.91 Å². The number of imide groups is 1. The molecule has 1 aromatic carbocycles. The zero-order valence-electron chi connectivity index (χ0n) is 20.2. The van der Waals surface area contributed by atoms with Crippen molar-refractivity contribution in [2.75, 3.05) is 65.9 Å². The highest BCUT2D eigenvalue weighted by molar-refractivity contribution is 7.98. The van der Waals surface area contributed by atoms with E-state index in [4.69, 9.17) is 4.74 Å². The topological polar surface area (TPSA) is 56.3 Å². The average molecular weight is 463 g/mol. The van der Waals surface area contributed by atoms with Gasteiger partial charge in [0.05, 0.1) is 7.11 Å². The Kier molecular flexibility index (Phi) is 8.47. The molecule has 2 aliphatic heterocycles. The molecule has 3 rings (SSSR count). The Morgan fingerprint density at radius 3 is 2.34 bits per heavy atom. The van der Waals surface area contributed by atoms with Crippen LogP contribution in [0.15, 0.2) is 24.3 Å². The van der Waals surface area contributed by atoms with Gasteiger partial charge < -0.3 is 14.5 Å². The number of rotatable bonds is 10. The van der Waals surface area contributed by atoms with Gasteiger partial charge in [-0.1, -0.05) is 12.1 Å². The number of nitrogens with zero attached hydrogens (tertiary/aromatic N) is 4. The van der Waals surface area contributed by atoms with Gasteiger partial charge in [0, 0.05) is 44.5 Å². The molecule has 2 fully saturated rings. The number of carbonyl (C=O) groups is 2. The van der Waals surface area contributed by atoms with Crippen LogP contribution in [0.5, 0.6) is 5.75 Å². The fourth-order valence-corrected chi connectivity index (χ4v) is 5.48. The fourth-order valence-electron chi connectivity index (χ4n) is 4.79. The van der Waals surface area contributed by atoms with Crippen LogP contribution in [0, 0.1) is 0 Å². The predicted octanol–water partition coefficient (Wildman–Crippen LogP) is 2.65. The lowest BCUT2D eigenvalue weighted by Crippen LogP contribution is -2.58. The van der Waals surface area contributed by atoms with Crippen molar-refractivity contribution < 1.29 is 14.3 Å². The third-order valence-corrected chi connectivity index (χ3v) is 7.65. The fraction of sp³-hybridized carbons (Fsp3) is 0.667. The number of carbonyl (C=O) groups excluding carboxylic acids is 2. The van der Waals surface area contributed by atoms with Gasteiger partial charge in [0.1, 0.15) is 11.3 Å². The molecule has 2 saturated heterocycles. The summed E-state index contributed by atoms with van der Waals surface area (Å²) in [4.78, 5) is 34.9. The summed E-state index contributed by atoms with van der Waals surface area (Å²) in [5.74, 6) is 1.89. The first-order chi connectivity index (χ1) is 15.3. The normalized spacial score (nSPS) is 19.9. The SMILES string of the molecule is COc1ccc(CCN2C(=O)N(CCN(C)C)C(=O)C23CCN(C(C)CSC)CC3)cc1. The van der Waals surface area contributed by atoms with Gasteiger partial charge in [-0.25, -0.2) is 4.79 Å². The molecule has 1 aromatic rings. The minimum Gasteiger partial charge on any atom is -0.497 e. The van der Waals surface area contributed by atoms with Crippen LogP contribution in [0.25, 0.3) is 0 Å². The standard InChI is InChI=1S/C24H38N4O3S/c1-19(18-32-5)26-14-11-24(12-15-26)22(29)27(17-16-25(2)3)23(30)28(24)13-10-20-6-8-21(31-4)9-7-20/h6-9,19H,10-18H2,1-5H3. The van der Waals surface area contributed by atoms with E-state index < -0.39 is 5.54 Å². The van der Waals surface area contributed by atoms with E-state index in [1.807, 2.05) is 59.9 Å². The summed E-state index contributed by atoms with van der Waals surface area (Å²) >= 11 is 1.85. The van der Waals surface area contributed by atoms with Crippen molar-refractivity contribution >= 4 is 23.7 Å². The summed E-state index contributed by atoms with van der Waals surface area (Å²) in [5, 5.41) is 0. The molecule has 2 aliphatic rings. The zero-order chi connectivity index (χ0) is 23.3. The summed E-state index contributed by atoms with van der Waals surface area (Å²) < 4.78 is 5.25. The molecule has 0 N–H and O–H groups in total. The molecule has 0 saturated carbocycles. The predicted molar refractivity (Wildman–Crippen MR) is 130 cm³/mol. The van der Waals surface area contributed by atoms with Crippen LogP contribution in [0.4, 0.5) is 4.79 Å². The Labute approximate surface area is 197 Å². The van der Waals surface area contributed by atoms with Crippen LogP contribution in [0.3, 0.4) is 0 Å². The van der Waals surface area contributed by atoms with Crippen molar-refractivity contribution in [1.29, 1.82) is 0 Å². The first-order valence-corrected chi connectivity index (χ1v) is 12.9. The van der Waals surface area contributed by atoms with E-state index in [1.165, 1.54) is 4.90 Å². The van der Waals surface area contributed by atoms with Crippen molar-refractivity contribution in [2.24, 2.45) is 0 Å². The van der Waals surface area contributed by atoms with Crippen LogP contribution < -0.4 is 4.74 Å². The third kappa shape index (κ3) is 5.24. The quantitative estimate of drug-likeness (QED) is 0.499. The highest BCUT2D eigenvalue weighted by Crippen LogP contribution is 2.38. The van der Waals surface area contributed by atoms with Gasteiger partial charge >= 0.3 is 6.03 Å². The van der Waals surface area contributed by atoms with E-state index in [1.54, 1.807) is 7.11 Å². The molecule has 32 heavy (non-hydrogen) atoms. The Bertz CT molecular complexity index is 778. The molecular weight excluding hydrogens is 424 g/mol. The molecule has 178 valence electrons. The van der Waals surface area contributed by atoms with Crippen molar-refractivity contribution in [3.8, 4) is 5.75 Å². The van der Waals surface area contributed by atoms with Crippen LogP contribution >= 0.6 is 11.8 Å². The smallest absolute Gasteiger partial charge is 0.327 e. The number of hydrogen-bond acceptors (Lipinski definition) is 6. The number of likely N-dealkylation sites (tertiary alicyclic amines) is 1. The zero-order valence-corrected chi connectivity index (χ0v) is 21.0. The number of piperidine rings is 1. The molecule has 0 aliphatic carbocycles. The Balaban J connectivity index is 1.77. The van der Waals surface area contributed by atoms with Gasteiger partial charge in [0.2, 0.25) is 0 Å². The van der Waals surface area contributed by atoms with Crippen LogP contribution in [-0.4, -0.2) is 109 Å². The Morgan fingerprint density at radius 1 is 1.12 bits per heavy atom. The number of likely N-dealkylation sites (N-methyl/N-ethyl adjacent to an activating group) is 1. The second-order valence-electron chi connectivity index (χ2n) is 9.16. The highest BCUT2D eigenvalue weighted by atomic mass is 32.2. The van der Waals surface area contributed by atoms with E-state index in [0.717, 1.165) is 36.6 Å². The van der Waals surface area contributed by atoms with Crippen molar-refractivity contribution in [3.63, 3.8) is 0 Å². The number of thioether (sulfide) groups is 1. The molecule has 3 amide bonds. The Morgan fingerprint density at radius 2 is 1.78 bits per heavy atom. The van der Waals surface area contributed by atoms with E-state index in [9.17, 15) is 9.59 Å². The maximum absolute atomic E-state index is 13.6. The maximum atomic E-state index is 13.6. The third-order valence-electron chi connectivity index (χ3n) is 6.83. The number of amides is 3. The second-order valence-corrected chi connectivity index (χ2v) is 10.1. The molecule has 1 spiro atoms. The van der Waals surface area contributed by atoms with E-state index in [-0.39, 0.29) is 11.9 Å². The monoisotopic (exact) mass is 462 g/mol. The average Bonchev–Trinajstić information content (AvgIpc) is 2.97.